The summed E-state index contributed by atoms with van der Waals surface area (Å²) in [5, 5.41) is 0. The number of pyridine rings is 1. The number of aryl methyl sites for hydroxylation is 1. The van der Waals surface area contributed by atoms with E-state index < -0.39 is 0 Å². The van der Waals surface area contributed by atoms with Crippen molar-refractivity contribution in [1.29, 1.82) is 0 Å². The molecular formula is C25H25N3O2. The molecule has 0 unspecified atom stereocenters. The summed E-state index contributed by atoms with van der Waals surface area (Å²) in [6.07, 6.45) is 0.795. The Kier molecular flexibility index (Phi) is 4.75. The minimum Gasteiger partial charge on any atom is -0.336 e. The predicted octanol–water partition coefficient (Wildman–Crippen LogP) is 3.13. The smallest absolute Gasteiger partial charge is 0.258 e. The van der Waals surface area contributed by atoms with Crippen LogP contribution in [0.25, 0.3) is 22.4 Å². The Labute approximate surface area is 176 Å². The molecule has 2 aliphatic rings. The van der Waals surface area contributed by atoms with Crippen molar-refractivity contribution in [2.45, 2.75) is 13.0 Å². The number of hydrogen-bond donors (Lipinski definition) is 0. The van der Waals surface area contributed by atoms with Crippen molar-refractivity contribution in [1.82, 2.24) is 14.4 Å². The Morgan fingerprint density at radius 1 is 0.833 bits per heavy atom. The van der Waals surface area contributed by atoms with Crippen molar-refractivity contribution in [3.63, 3.8) is 0 Å². The van der Waals surface area contributed by atoms with E-state index >= 15 is 0 Å². The number of carbonyl (C=O) groups excluding carboxylic acids is 1. The fourth-order valence-corrected chi connectivity index (χ4v) is 4.54. The topological polar surface area (TPSA) is 45.6 Å². The first kappa shape index (κ1) is 18.8. The molecule has 3 aromatic rings. The molecule has 5 nitrogen and oxygen atoms in total. The van der Waals surface area contributed by atoms with Gasteiger partial charge in [-0.2, -0.15) is 0 Å². The average Bonchev–Trinajstić information content (AvgIpc) is 2.80. The fraction of sp³-hybridized carbons (Fsp3) is 0.280. The first-order valence-electron chi connectivity index (χ1n) is 10.5. The molecule has 0 saturated carbocycles. The second-order valence-electron chi connectivity index (χ2n) is 8.15. The largest absolute Gasteiger partial charge is 0.336 e. The maximum atomic E-state index is 13.7. The molecule has 1 aromatic heterocycles. The van der Waals surface area contributed by atoms with Crippen LogP contribution < -0.4 is 5.56 Å². The number of likely N-dealkylation sites (N-methyl/N-ethyl adjacent to an activating group) is 1. The highest BCUT2D eigenvalue weighted by Gasteiger charge is 2.29. The third-order valence-electron chi connectivity index (χ3n) is 6.27. The Morgan fingerprint density at radius 2 is 1.53 bits per heavy atom. The van der Waals surface area contributed by atoms with Crippen LogP contribution in [0.4, 0.5) is 0 Å². The van der Waals surface area contributed by atoms with Crippen LogP contribution in [0.1, 0.15) is 15.9 Å². The van der Waals surface area contributed by atoms with Crippen LogP contribution in [-0.4, -0.2) is 53.5 Å². The van der Waals surface area contributed by atoms with E-state index in [-0.39, 0.29) is 11.5 Å². The summed E-state index contributed by atoms with van der Waals surface area (Å²) in [4.78, 5) is 31.3. The molecule has 30 heavy (non-hydrogen) atoms. The average molecular weight is 399 g/mol. The summed E-state index contributed by atoms with van der Waals surface area (Å²) in [6, 6.07) is 19.6. The van der Waals surface area contributed by atoms with Gasteiger partial charge in [0.15, 0.2) is 0 Å². The van der Waals surface area contributed by atoms with Crippen molar-refractivity contribution < 1.29 is 4.79 Å². The van der Waals surface area contributed by atoms with Gasteiger partial charge in [-0.05, 0) is 30.7 Å². The fourth-order valence-electron chi connectivity index (χ4n) is 4.54. The van der Waals surface area contributed by atoms with Crippen molar-refractivity contribution in [2.75, 3.05) is 33.2 Å². The van der Waals surface area contributed by atoms with Gasteiger partial charge in [0.2, 0.25) is 0 Å². The highest BCUT2D eigenvalue weighted by atomic mass is 16.2. The van der Waals surface area contributed by atoms with E-state index in [1.165, 1.54) is 5.56 Å². The number of fused-ring (bicyclic) bond motifs is 3. The Bertz CT molecular complexity index is 1160. The lowest BCUT2D eigenvalue weighted by molar-refractivity contribution is 0.0664. The van der Waals surface area contributed by atoms with Crippen LogP contribution in [0.15, 0.2) is 65.5 Å². The van der Waals surface area contributed by atoms with Crippen molar-refractivity contribution in [3.05, 3.63) is 82.1 Å². The summed E-state index contributed by atoms with van der Waals surface area (Å²) in [7, 11) is 2.08. The lowest BCUT2D eigenvalue weighted by atomic mass is 9.92. The van der Waals surface area contributed by atoms with Gasteiger partial charge in [0.05, 0.1) is 11.3 Å². The van der Waals surface area contributed by atoms with E-state index in [9.17, 15) is 9.59 Å². The molecule has 0 spiro atoms. The van der Waals surface area contributed by atoms with Gasteiger partial charge in [0, 0.05) is 43.9 Å². The van der Waals surface area contributed by atoms with Crippen LogP contribution in [0.2, 0.25) is 0 Å². The van der Waals surface area contributed by atoms with E-state index in [1.807, 2.05) is 64.1 Å². The van der Waals surface area contributed by atoms with Gasteiger partial charge < -0.3 is 14.4 Å². The molecular weight excluding hydrogens is 374 g/mol. The Balaban J connectivity index is 1.72. The molecule has 2 aliphatic heterocycles. The number of aromatic nitrogens is 1. The molecule has 0 N–H and O–H groups in total. The predicted molar refractivity (Wildman–Crippen MR) is 119 cm³/mol. The van der Waals surface area contributed by atoms with Gasteiger partial charge in [0.1, 0.15) is 0 Å². The minimum atomic E-state index is -0.0272. The molecule has 5 heteroatoms. The third-order valence-corrected chi connectivity index (χ3v) is 6.27. The second kappa shape index (κ2) is 7.58. The molecule has 152 valence electrons. The quantitative estimate of drug-likeness (QED) is 0.665. The van der Waals surface area contributed by atoms with E-state index in [2.05, 4.69) is 18.0 Å². The highest BCUT2D eigenvalue weighted by molar-refractivity contribution is 6.01. The first-order chi connectivity index (χ1) is 14.6. The van der Waals surface area contributed by atoms with Gasteiger partial charge in [0.25, 0.3) is 11.5 Å². The molecule has 1 fully saturated rings. The number of hydrogen-bond acceptors (Lipinski definition) is 3. The molecule has 1 amide bonds. The standard InChI is InChI=1S/C25H25N3O2/c1-26-13-15-27(16-14-26)24(29)22-17-21(18-7-3-2-4-8-18)25(30)28-12-11-19-9-5-6-10-20(19)23(22)28/h2-10,17H,11-16H2,1H3. The monoisotopic (exact) mass is 399 g/mol. The molecule has 5 rings (SSSR count). The zero-order valence-corrected chi connectivity index (χ0v) is 17.2. The number of rotatable bonds is 2. The number of piperazine rings is 1. The van der Waals surface area contributed by atoms with Gasteiger partial charge in [-0.15, -0.1) is 0 Å². The van der Waals surface area contributed by atoms with Crippen LogP contribution >= 0.6 is 0 Å². The number of nitrogens with zero attached hydrogens (tertiary/aromatic N) is 3. The Morgan fingerprint density at radius 3 is 2.30 bits per heavy atom. The van der Waals surface area contributed by atoms with E-state index in [0.717, 1.165) is 36.3 Å². The SMILES string of the molecule is CN1CCN(C(=O)c2cc(-c3ccccc3)c(=O)n3c2-c2ccccc2CC3)CC1. The molecule has 0 aliphatic carbocycles. The summed E-state index contributed by atoms with van der Waals surface area (Å²) in [6.45, 7) is 3.73. The van der Waals surface area contributed by atoms with Gasteiger partial charge >= 0.3 is 0 Å². The highest BCUT2D eigenvalue weighted by Crippen LogP contribution is 2.33. The zero-order valence-electron chi connectivity index (χ0n) is 17.2. The lowest BCUT2D eigenvalue weighted by Crippen LogP contribution is -2.47. The van der Waals surface area contributed by atoms with Crippen LogP contribution in [0, 0.1) is 0 Å². The molecule has 3 heterocycles. The van der Waals surface area contributed by atoms with Crippen LogP contribution in [-0.2, 0) is 13.0 Å². The summed E-state index contributed by atoms with van der Waals surface area (Å²) >= 11 is 0. The third kappa shape index (κ3) is 3.15. The Hall–Kier alpha value is -3.18. The molecule has 0 bridgehead atoms. The van der Waals surface area contributed by atoms with E-state index in [0.29, 0.717) is 30.8 Å². The summed E-state index contributed by atoms with van der Waals surface area (Å²) < 4.78 is 1.81. The van der Waals surface area contributed by atoms with E-state index in [4.69, 9.17) is 0 Å². The maximum absolute atomic E-state index is 13.7. The second-order valence-corrected chi connectivity index (χ2v) is 8.15. The van der Waals surface area contributed by atoms with E-state index in [1.54, 1.807) is 0 Å². The van der Waals surface area contributed by atoms with Gasteiger partial charge in [-0.25, -0.2) is 0 Å². The van der Waals surface area contributed by atoms with Crippen LogP contribution in [0.5, 0.6) is 0 Å². The number of amides is 1. The molecule has 1 saturated heterocycles. The zero-order chi connectivity index (χ0) is 20.7. The van der Waals surface area contributed by atoms with Crippen molar-refractivity contribution >= 4 is 5.91 Å². The molecule has 0 atom stereocenters. The first-order valence-corrected chi connectivity index (χ1v) is 10.5. The molecule has 0 radical (unpaired) electrons. The number of carbonyl (C=O) groups is 1. The van der Waals surface area contributed by atoms with Crippen LogP contribution in [0.3, 0.4) is 0 Å². The minimum absolute atomic E-state index is 0.0146. The number of benzene rings is 2. The summed E-state index contributed by atoms with van der Waals surface area (Å²) in [5.74, 6) is 0.0146. The normalized spacial score (nSPS) is 16.1. The maximum Gasteiger partial charge on any atom is 0.258 e. The van der Waals surface area contributed by atoms with Gasteiger partial charge in [-0.3, -0.25) is 9.59 Å². The van der Waals surface area contributed by atoms with Gasteiger partial charge in [-0.1, -0.05) is 54.6 Å². The molecule has 2 aromatic carbocycles. The van der Waals surface area contributed by atoms with Crippen molar-refractivity contribution in [3.8, 4) is 22.4 Å². The van der Waals surface area contributed by atoms with Crippen molar-refractivity contribution in [2.24, 2.45) is 0 Å². The lowest BCUT2D eigenvalue weighted by Gasteiger charge is -2.34. The summed E-state index contributed by atoms with van der Waals surface area (Å²) in [5.41, 5.74) is 5.01.